The topological polar surface area (TPSA) is 75.2 Å². The van der Waals surface area contributed by atoms with Gasteiger partial charge in [0.2, 0.25) is 12.7 Å². The smallest absolute Gasteiger partial charge is 0.241 e. The Morgan fingerprint density at radius 2 is 2.00 bits per heavy atom. The number of ether oxygens (including phenoxy) is 2. The number of aliphatic imine (C=N–C) groups is 1. The lowest BCUT2D eigenvalue weighted by Gasteiger charge is -2.32. The number of amidine groups is 1. The number of rotatable bonds is 3. The number of hydrogen-bond acceptors (Lipinski definition) is 7. The van der Waals surface area contributed by atoms with Crippen molar-refractivity contribution >= 4 is 40.1 Å². The minimum absolute atomic E-state index is 0.0305. The minimum atomic E-state index is -0.262. The molecule has 0 spiro atoms. The van der Waals surface area contributed by atoms with Gasteiger partial charge >= 0.3 is 0 Å². The van der Waals surface area contributed by atoms with E-state index < -0.39 is 0 Å². The molecule has 2 aromatic rings. The fraction of sp³-hybridized carbons (Fsp3) is 0.263. The number of halogens is 1. The van der Waals surface area contributed by atoms with Gasteiger partial charge in [0, 0.05) is 23.4 Å². The van der Waals surface area contributed by atoms with E-state index in [4.69, 9.17) is 26.1 Å². The quantitative estimate of drug-likeness (QED) is 0.801. The fourth-order valence-electron chi connectivity index (χ4n) is 3.40. The second kappa shape index (κ2) is 7.29. The molecule has 2 unspecified atom stereocenters. The van der Waals surface area contributed by atoms with E-state index in [1.807, 2.05) is 36.4 Å². The molecule has 0 aliphatic carbocycles. The molecule has 0 saturated carbocycles. The van der Waals surface area contributed by atoms with Crippen molar-refractivity contribution in [1.82, 2.24) is 10.9 Å². The van der Waals surface area contributed by atoms with Gasteiger partial charge in [-0.15, -0.1) is 0 Å². The number of thioether (sulfide) groups is 1. The normalized spacial score (nSPS) is 23.0. The summed E-state index contributed by atoms with van der Waals surface area (Å²) in [6, 6.07) is 13.2. The molecule has 0 aromatic heterocycles. The zero-order chi connectivity index (χ0) is 19.1. The van der Waals surface area contributed by atoms with Crippen LogP contribution in [-0.2, 0) is 10.5 Å². The third kappa shape index (κ3) is 3.12. The van der Waals surface area contributed by atoms with E-state index in [0.717, 1.165) is 11.3 Å². The summed E-state index contributed by atoms with van der Waals surface area (Å²) in [6.07, 6.45) is -0.262. The van der Waals surface area contributed by atoms with Crippen molar-refractivity contribution in [3.63, 3.8) is 0 Å². The van der Waals surface area contributed by atoms with Crippen LogP contribution in [0, 0.1) is 5.92 Å². The molecule has 2 N–H and O–H groups in total. The van der Waals surface area contributed by atoms with Gasteiger partial charge < -0.3 is 9.47 Å². The van der Waals surface area contributed by atoms with Gasteiger partial charge in [0.1, 0.15) is 6.17 Å². The second-order valence-corrected chi connectivity index (χ2v) is 7.93. The fourth-order valence-corrected chi connectivity index (χ4v) is 4.73. The molecule has 3 heterocycles. The third-order valence-corrected chi connectivity index (χ3v) is 6.20. The van der Waals surface area contributed by atoms with Gasteiger partial charge in [-0.1, -0.05) is 41.6 Å². The van der Waals surface area contributed by atoms with E-state index in [0.29, 0.717) is 34.0 Å². The Kier molecular flexibility index (Phi) is 4.64. The summed E-state index contributed by atoms with van der Waals surface area (Å²) in [6.45, 7) is 0.759. The van der Waals surface area contributed by atoms with Crippen LogP contribution >= 0.6 is 23.4 Å². The standard InChI is InChI=1S/C19H17ClN4O3S/c20-14-7-16-15(26-10-27-16)6-11(14)9-28-19-22-17-13(8-21-23-17)18(25)24(19)12-4-2-1-3-5-12/h1-7,13,17,21,23H,8-10H2. The molecule has 7 nitrogen and oxygen atoms in total. The third-order valence-electron chi connectivity index (χ3n) is 4.84. The number of hydrazine groups is 1. The maximum atomic E-state index is 13.1. The Bertz CT molecular complexity index is 956. The number of hydrogen-bond donors (Lipinski definition) is 2. The molecule has 0 bridgehead atoms. The highest BCUT2D eigenvalue weighted by Gasteiger charge is 2.42. The summed E-state index contributed by atoms with van der Waals surface area (Å²) >= 11 is 7.88. The average molecular weight is 417 g/mol. The van der Waals surface area contributed by atoms with Crippen LogP contribution < -0.4 is 25.2 Å². The van der Waals surface area contributed by atoms with Crippen molar-refractivity contribution in [2.75, 3.05) is 18.2 Å². The first-order valence-corrected chi connectivity index (χ1v) is 10.2. The van der Waals surface area contributed by atoms with E-state index in [2.05, 4.69) is 10.9 Å². The summed E-state index contributed by atoms with van der Waals surface area (Å²) in [4.78, 5) is 19.6. The Labute approximate surface area is 171 Å². The maximum Gasteiger partial charge on any atom is 0.241 e. The second-order valence-electron chi connectivity index (χ2n) is 6.58. The lowest BCUT2D eigenvalue weighted by atomic mass is 10.1. The molecule has 2 aromatic carbocycles. The van der Waals surface area contributed by atoms with E-state index >= 15 is 0 Å². The molecule has 2 atom stereocenters. The number of nitrogens with one attached hydrogen (secondary N) is 2. The first kappa shape index (κ1) is 17.8. The summed E-state index contributed by atoms with van der Waals surface area (Å²) in [5.74, 6) is 1.69. The number of benzene rings is 2. The zero-order valence-corrected chi connectivity index (χ0v) is 16.3. The largest absolute Gasteiger partial charge is 0.454 e. The highest BCUT2D eigenvalue weighted by Crippen LogP contribution is 2.39. The lowest BCUT2D eigenvalue weighted by molar-refractivity contribution is -0.121. The van der Waals surface area contributed by atoms with Crippen LogP contribution in [0.25, 0.3) is 0 Å². The van der Waals surface area contributed by atoms with Gasteiger partial charge in [-0.25, -0.2) is 10.4 Å². The summed E-state index contributed by atoms with van der Waals surface area (Å²) < 4.78 is 10.8. The molecular weight excluding hydrogens is 400 g/mol. The van der Waals surface area contributed by atoms with Gasteiger partial charge in [-0.2, -0.15) is 0 Å². The number of amides is 1. The summed E-state index contributed by atoms with van der Waals surface area (Å²) in [5.41, 5.74) is 7.81. The van der Waals surface area contributed by atoms with Crippen LogP contribution in [0.2, 0.25) is 5.02 Å². The Morgan fingerprint density at radius 3 is 2.82 bits per heavy atom. The Balaban J connectivity index is 1.44. The monoisotopic (exact) mass is 416 g/mol. The SMILES string of the molecule is O=C1C2CNNC2N=C(SCc2cc3c(cc2Cl)OCO3)N1c1ccccc1. The van der Waals surface area contributed by atoms with E-state index in [9.17, 15) is 4.79 Å². The van der Waals surface area contributed by atoms with Crippen molar-refractivity contribution < 1.29 is 14.3 Å². The molecule has 5 rings (SSSR count). The number of anilines is 1. The Hall–Kier alpha value is -2.26. The highest BCUT2D eigenvalue weighted by atomic mass is 35.5. The molecule has 28 heavy (non-hydrogen) atoms. The van der Waals surface area contributed by atoms with Crippen LogP contribution in [-0.4, -0.2) is 30.6 Å². The number of fused-ring (bicyclic) bond motifs is 2. The Morgan fingerprint density at radius 1 is 1.21 bits per heavy atom. The van der Waals surface area contributed by atoms with Crippen molar-refractivity contribution in [2.45, 2.75) is 11.9 Å². The molecule has 1 saturated heterocycles. The van der Waals surface area contributed by atoms with Crippen molar-refractivity contribution in [3.05, 3.63) is 53.1 Å². The van der Waals surface area contributed by atoms with Crippen LogP contribution in [0.1, 0.15) is 5.56 Å². The number of para-hydroxylation sites is 1. The summed E-state index contributed by atoms with van der Waals surface area (Å²) in [7, 11) is 0. The van der Waals surface area contributed by atoms with Gasteiger partial charge in [0.25, 0.3) is 0 Å². The highest BCUT2D eigenvalue weighted by molar-refractivity contribution is 8.13. The first-order valence-electron chi connectivity index (χ1n) is 8.87. The van der Waals surface area contributed by atoms with E-state index in [-0.39, 0.29) is 24.8 Å². The molecule has 3 aliphatic rings. The summed E-state index contributed by atoms with van der Waals surface area (Å²) in [5, 5.41) is 1.24. The maximum absolute atomic E-state index is 13.1. The van der Waals surface area contributed by atoms with Gasteiger partial charge in [0.15, 0.2) is 16.7 Å². The van der Waals surface area contributed by atoms with Crippen molar-refractivity contribution in [2.24, 2.45) is 10.9 Å². The minimum Gasteiger partial charge on any atom is -0.454 e. The number of carbonyl (C=O) groups excluding carboxylic acids is 1. The molecular formula is C19H17ClN4O3S. The van der Waals surface area contributed by atoms with Crippen LogP contribution in [0.15, 0.2) is 47.5 Å². The molecule has 1 amide bonds. The van der Waals surface area contributed by atoms with E-state index in [1.165, 1.54) is 11.8 Å². The molecule has 0 radical (unpaired) electrons. The molecule has 1 fully saturated rings. The van der Waals surface area contributed by atoms with Crippen LogP contribution in [0.3, 0.4) is 0 Å². The predicted octanol–water partition coefficient (Wildman–Crippen LogP) is 2.75. The predicted molar refractivity (Wildman–Crippen MR) is 109 cm³/mol. The lowest BCUT2D eigenvalue weighted by Crippen LogP contribution is -2.49. The average Bonchev–Trinajstić information content (AvgIpc) is 3.36. The van der Waals surface area contributed by atoms with E-state index in [1.54, 1.807) is 11.0 Å². The van der Waals surface area contributed by atoms with Crippen LogP contribution in [0.4, 0.5) is 5.69 Å². The van der Waals surface area contributed by atoms with Crippen LogP contribution in [0.5, 0.6) is 11.5 Å². The first-order chi connectivity index (χ1) is 13.7. The zero-order valence-electron chi connectivity index (χ0n) is 14.7. The van der Waals surface area contributed by atoms with Gasteiger partial charge in [-0.3, -0.25) is 15.1 Å². The van der Waals surface area contributed by atoms with Gasteiger partial charge in [0.05, 0.1) is 11.6 Å². The van der Waals surface area contributed by atoms with Crippen molar-refractivity contribution in [3.8, 4) is 11.5 Å². The molecule has 3 aliphatic heterocycles. The van der Waals surface area contributed by atoms with Crippen molar-refractivity contribution in [1.29, 1.82) is 0 Å². The van der Waals surface area contributed by atoms with Gasteiger partial charge in [-0.05, 0) is 23.8 Å². The number of nitrogens with zero attached hydrogens (tertiary/aromatic N) is 2. The molecule has 144 valence electrons. The number of carbonyl (C=O) groups is 1. The molecule has 9 heteroatoms.